The van der Waals surface area contributed by atoms with Crippen molar-refractivity contribution in [2.45, 2.75) is 66.0 Å². The van der Waals surface area contributed by atoms with E-state index in [0.717, 1.165) is 19.4 Å². The molecule has 0 aliphatic rings. The first-order valence-corrected chi connectivity index (χ1v) is 7.35. The molecule has 0 fully saturated rings. The van der Waals surface area contributed by atoms with Gasteiger partial charge in [-0.1, -0.05) is 27.7 Å². The third-order valence-corrected chi connectivity index (χ3v) is 3.60. The lowest BCUT2D eigenvalue weighted by Gasteiger charge is -2.21. The van der Waals surface area contributed by atoms with E-state index in [9.17, 15) is 0 Å². The lowest BCUT2D eigenvalue weighted by atomic mass is 9.99. The Morgan fingerprint density at radius 1 is 1.28 bits per heavy atom. The van der Waals surface area contributed by atoms with Crippen molar-refractivity contribution in [3.63, 3.8) is 0 Å². The van der Waals surface area contributed by atoms with E-state index in [1.54, 1.807) is 0 Å². The molecule has 0 radical (unpaired) electrons. The topological polar surface area (TPSA) is 29.9 Å². The fraction of sp³-hybridized carbons (Fsp3) is 0.800. The van der Waals surface area contributed by atoms with Crippen LogP contribution in [-0.2, 0) is 6.42 Å². The Balaban J connectivity index is 2.60. The van der Waals surface area contributed by atoms with Gasteiger partial charge in [0.2, 0.25) is 0 Å². The zero-order valence-electron chi connectivity index (χ0n) is 12.6. The molecule has 0 aliphatic heterocycles. The second-order valence-corrected chi connectivity index (χ2v) is 5.55. The maximum Gasteiger partial charge on any atom is 0.0640 e. The summed E-state index contributed by atoms with van der Waals surface area (Å²) in [7, 11) is 0. The van der Waals surface area contributed by atoms with Crippen LogP contribution in [0.2, 0.25) is 0 Å². The number of rotatable bonds is 8. The summed E-state index contributed by atoms with van der Waals surface area (Å²) in [5, 5.41) is 8.31. The lowest BCUT2D eigenvalue weighted by molar-refractivity contribution is 0.390. The van der Waals surface area contributed by atoms with Crippen LogP contribution in [0.25, 0.3) is 0 Å². The molecule has 1 rings (SSSR count). The van der Waals surface area contributed by atoms with Crippen LogP contribution >= 0.6 is 0 Å². The maximum absolute atomic E-state index is 4.69. The molecule has 3 nitrogen and oxygen atoms in total. The number of nitrogens with zero attached hydrogens (tertiary/aromatic N) is 2. The van der Waals surface area contributed by atoms with Crippen molar-refractivity contribution in [3.8, 4) is 0 Å². The van der Waals surface area contributed by atoms with Gasteiger partial charge in [-0.15, -0.1) is 0 Å². The highest BCUT2D eigenvalue weighted by Crippen LogP contribution is 2.12. The molecule has 0 amide bonds. The Labute approximate surface area is 112 Å². The minimum atomic E-state index is 0.500. The Kier molecular flexibility index (Phi) is 6.41. The third-order valence-electron chi connectivity index (χ3n) is 3.60. The predicted molar refractivity (Wildman–Crippen MR) is 77.9 cm³/mol. The van der Waals surface area contributed by atoms with Gasteiger partial charge in [-0.25, -0.2) is 0 Å². The van der Waals surface area contributed by atoms with E-state index in [1.807, 2.05) is 0 Å². The van der Waals surface area contributed by atoms with Gasteiger partial charge in [-0.3, -0.25) is 4.68 Å². The predicted octanol–water partition coefficient (Wildman–Crippen LogP) is 3.42. The van der Waals surface area contributed by atoms with E-state index in [0.29, 0.717) is 18.0 Å². The van der Waals surface area contributed by atoms with Crippen molar-refractivity contribution in [1.29, 1.82) is 0 Å². The summed E-state index contributed by atoms with van der Waals surface area (Å²) in [6, 6.07) is 3.19. The highest BCUT2D eigenvalue weighted by atomic mass is 15.3. The molecule has 0 saturated carbocycles. The van der Waals surface area contributed by atoms with E-state index < -0.39 is 0 Å². The van der Waals surface area contributed by atoms with Crippen LogP contribution in [0.1, 0.15) is 59.2 Å². The number of hydrogen-bond donors (Lipinski definition) is 1. The third kappa shape index (κ3) is 4.45. The van der Waals surface area contributed by atoms with Crippen molar-refractivity contribution < 1.29 is 0 Å². The van der Waals surface area contributed by atoms with Gasteiger partial charge < -0.3 is 5.32 Å². The first-order valence-electron chi connectivity index (χ1n) is 7.35. The minimum Gasteiger partial charge on any atom is -0.313 e. The average Bonchev–Trinajstić information content (AvgIpc) is 2.81. The zero-order valence-corrected chi connectivity index (χ0v) is 12.6. The van der Waals surface area contributed by atoms with Crippen LogP contribution in [0.5, 0.6) is 0 Å². The van der Waals surface area contributed by atoms with Crippen molar-refractivity contribution in [2.75, 3.05) is 6.54 Å². The Morgan fingerprint density at radius 3 is 2.56 bits per heavy atom. The molecule has 1 heterocycles. The normalized spacial score (nSPS) is 15.0. The molecule has 1 aromatic rings. The average molecular weight is 251 g/mol. The van der Waals surface area contributed by atoms with Crippen LogP contribution in [0.3, 0.4) is 0 Å². The summed E-state index contributed by atoms with van der Waals surface area (Å²) >= 11 is 0. The number of aromatic nitrogens is 2. The standard InChI is InChI=1S/C15H29N3/c1-6-9-16-15(12(3)4)11-14-8-10-18(17-14)13(5)7-2/h8,10,12-13,15-16H,6-7,9,11H2,1-5H3. The van der Waals surface area contributed by atoms with Crippen molar-refractivity contribution in [3.05, 3.63) is 18.0 Å². The molecule has 18 heavy (non-hydrogen) atoms. The summed E-state index contributed by atoms with van der Waals surface area (Å²) in [6.45, 7) is 12.3. The molecule has 0 bridgehead atoms. The monoisotopic (exact) mass is 251 g/mol. The highest BCUT2D eigenvalue weighted by Gasteiger charge is 2.15. The zero-order chi connectivity index (χ0) is 13.5. The smallest absolute Gasteiger partial charge is 0.0640 e. The fourth-order valence-corrected chi connectivity index (χ4v) is 2.02. The van der Waals surface area contributed by atoms with Crippen LogP contribution < -0.4 is 5.32 Å². The molecule has 0 aromatic carbocycles. The van der Waals surface area contributed by atoms with Gasteiger partial charge in [0, 0.05) is 24.7 Å². The first-order chi connectivity index (χ1) is 8.58. The molecule has 0 saturated heterocycles. The Hall–Kier alpha value is -0.830. The summed E-state index contributed by atoms with van der Waals surface area (Å²) in [5.41, 5.74) is 1.21. The summed E-state index contributed by atoms with van der Waals surface area (Å²) < 4.78 is 2.09. The van der Waals surface area contributed by atoms with Gasteiger partial charge in [0.25, 0.3) is 0 Å². The first kappa shape index (κ1) is 15.2. The minimum absolute atomic E-state index is 0.500. The van der Waals surface area contributed by atoms with Gasteiger partial charge >= 0.3 is 0 Å². The Morgan fingerprint density at radius 2 is 2.00 bits per heavy atom. The van der Waals surface area contributed by atoms with Crippen LogP contribution in [-0.4, -0.2) is 22.4 Å². The van der Waals surface area contributed by atoms with Crippen molar-refractivity contribution in [2.24, 2.45) is 5.92 Å². The fourth-order valence-electron chi connectivity index (χ4n) is 2.02. The van der Waals surface area contributed by atoms with Crippen molar-refractivity contribution in [1.82, 2.24) is 15.1 Å². The van der Waals surface area contributed by atoms with E-state index in [2.05, 4.69) is 62.0 Å². The molecule has 2 atom stereocenters. The maximum atomic E-state index is 4.69. The number of nitrogens with one attached hydrogen (secondary N) is 1. The molecule has 1 N–H and O–H groups in total. The second kappa shape index (κ2) is 7.57. The molecular formula is C15H29N3. The Bertz CT molecular complexity index is 330. The summed E-state index contributed by atoms with van der Waals surface area (Å²) in [5.74, 6) is 0.644. The van der Waals surface area contributed by atoms with Gasteiger partial charge in [0.1, 0.15) is 0 Å². The lowest BCUT2D eigenvalue weighted by Crippen LogP contribution is -2.36. The van der Waals surface area contributed by atoms with Crippen LogP contribution in [0.15, 0.2) is 12.3 Å². The van der Waals surface area contributed by atoms with E-state index in [4.69, 9.17) is 0 Å². The van der Waals surface area contributed by atoms with E-state index in [-0.39, 0.29) is 0 Å². The molecule has 3 heteroatoms. The van der Waals surface area contributed by atoms with Gasteiger partial charge in [0.05, 0.1) is 5.69 Å². The molecule has 0 aliphatic carbocycles. The van der Waals surface area contributed by atoms with Gasteiger partial charge in [-0.05, 0) is 38.3 Å². The molecule has 0 spiro atoms. The number of hydrogen-bond acceptors (Lipinski definition) is 2. The van der Waals surface area contributed by atoms with Crippen LogP contribution in [0.4, 0.5) is 0 Å². The largest absolute Gasteiger partial charge is 0.313 e. The molecular weight excluding hydrogens is 222 g/mol. The van der Waals surface area contributed by atoms with Gasteiger partial charge in [0.15, 0.2) is 0 Å². The quantitative estimate of drug-likeness (QED) is 0.767. The molecule has 104 valence electrons. The highest BCUT2D eigenvalue weighted by molar-refractivity contribution is 5.02. The second-order valence-electron chi connectivity index (χ2n) is 5.55. The summed E-state index contributed by atoms with van der Waals surface area (Å²) in [6.07, 6.45) is 5.45. The summed E-state index contributed by atoms with van der Waals surface area (Å²) in [4.78, 5) is 0. The van der Waals surface area contributed by atoms with Gasteiger partial charge in [-0.2, -0.15) is 5.10 Å². The van der Waals surface area contributed by atoms with Crippen LogP contribution in [0, 0.1) is 5.92 Å². The molecule has 1 aromatic heterocycles. The molecule has 2 unspecified atom stereocenters. The van der Waals surface area contributed by atoms with Crippen molar-refractivity contribution >= 4 is 0 Å². The SMILES string of the molecule is CCCNC(Cc1ccn(C(C)CC)n1)C(C)C. The van der Waals surface area contributed by atoms with E-state index >= 15 is 0 Å². The van der Waals surface area contributed by atoms with E-state index in [1.165, 1.54) is 12.1 Å².